The van der Waals surface area contributed by atoms with Gasteiger partial charge in [0.05, 0.1) is 13.2 Å². The second-order valence-electron chi connectivity index (χ2n) is 3.22. The SMILES string of the molecule is N#[N+]c1ccc(N2CCOCC2)cc1. The predicted octanol–water partition coefficient (Wildman–Crippen LogP) is 2.01. The molecule has 0 N–H and O–H groups in total. The van der Waals surface area contributed by atoms with E-state index in [0.717, 1.165) is 32.0 Å². The normalized spacial score (nSPS) is 16.4. The topological polar surface area (TPSA) is 40.6 Å². The van der Waals surface area contributed by atoms with E-state index in [9.17, 15) is 0 Å². The molecule has 4 heteroatoms. The van der Waals surface area contributed by atoms with Crippen LogP contribution in [0.1, 0.15) is 0 Å². The molecule has 1 saturated heterocycles. The van der Waals surface area contributed by atoms with Gasteiger partial charge in [0, 0.05) is 30.9 Å². The highest BCUT2D eigenvalue weighted by Gasteiger charge is 2.12. The average Bonchev–Trinajstić information content (AvgIpc) is 2.30. The fourth-order valence-electron chi connectivity index (χ4n) is 1.55. The molecule has 1 heterocycles. The number of benzene rings is 1. The Bertz CT molecular complexity index is 335. The van der Waals surface area contributed by atoms with E-state index in [-0.39, 0.29) is 0 Å². The van der Waals surface area contributed by atoms with Gasteiger partial charge in [-0.15, -0.1) is 0 Å². The summed E-state index contributed by atoms with van der Waals surface area (Å²) in [6.45, 7) is 3.42. The second kappa shape index (κ2) is 4.07. The van der Waals surface area contributed by atoms with Crippen molar-refractivity contribution in [1.29, 1.82) is 5.39 Å². The maximum Gasteiger partial charge on any atom is 0.385 e. The van der Waals surface area contributed by atoms with E-state index in [1.54, 1.807) is 12.1 Å². The van der Waals surface area contributed by atoms with Crippen LogP contribution in [0.15, 0.2) is 24.3 Å². The number of morpholine rings is 1. The summed E-state index contributed by atoms with van der Waals surface area (Å²) in [6, 6.07) is 7.51. The van der Waals surface area contributed by atoms with Crippen LogP contribution in [0, 0.1) is 5.39 Å². The van der Waals surface area contributed by atoms with Gasteiger partial charge in [-0.05, 0) is 12.1 Å². The Labute approximate surface area is 82.7 Å². The highest BCUT2D eigenvalue weighted by atomic mass is 16.5. The van der Waals surface area contributed by atoms with Crippen molar-refractivity contribution >= 4 is 11.4 Å². The molecule has 0 saturated carbocycles. The molecule has 0 radical (unpaired) electrons. The lowest BCUT2D eigenvalue weighted by Gasteiger charge is -2.28. The van der Waals surface area contributed by atoms with Crippen LogP contribution < -0.4 is 4.90 Å². The molecule has 1 aliphatic rings. The van der Waals surface area contributed by atoms with Gasteiger partial charge in [-0.25, -0.2) is 0 Å². The lowest BCUT2D eigenvalue weighted by molar-refractivity contribution is 0.122. The van der Waals surface area contributed by atoms with Gasteiger partial charge >= 0.3 is 5.69 Å². The molecule has 1 aliphatic heterocycles. The zero-order valence-electron chi connectivity index (χ0n) is 7.89. The molecule has 0 spiro atoms. The summed E-state index contributed by atoms with van der Waals surface area (Å²) in [4.78, 5) is 5.37. The highest BCUT2D eigenvalue weighted by Crippen LogP contribution is 2.20. The second-order valence-corrected chi connectivity index (χ2v) is 3.22. The Morgan fingerprint density at radius 2 is 1.79 bits per heavy atom. The molecule has 0 aromatic heterocycles. The van der Waals surface area contributed by atoms with Crippen molar-refractivity contribution in [3.63, 3.8) is 0 Å². The third-order valence-electron chi connectivity index (χ3n) is 2.34. The van der Waals surface area contributed by atoms with Crippen LogP contribution in [0.3, 0.4) is 0 Å². The van der Waals surface area contributed by atoms with Crippen molar-refractivity contribution < 1.29 is 4.74 Å². The van der Waals surface area contributed by atoms with E-state index in [4.69, 9.17) is 10.1 Å². The van der Waals surface area contributed by atoms with Crippen LogP contribution in [0.4, 0.5) is 11.4 Å². The third-order valence-corrected chi connectivity index (χ3v) is 2.34. The zero-order valence-corrected chi connectivity index (χ0v) is 7.89. The third kappa shape index (κ3) is 1.83. The molecular formula is C10H12N3O+. The van der Waals surface area contributed by atoms with E-state index in [1.165, 1.54) is 0 Å². The fourth-order valence-corrected chi connectivity index (χ4v) is 1.55. The maximum absolute atomic E-state index is 8.53. The van der Waals surface area contributed by atoms with Gasteiger partial charge in [-0.3, -0.25) is 0 Å². The highest BCUT2D eigenvalue weighted by molar-refractivity contribution is 5.55. The van der Waals surface area contributed by atoms with E-state index in [2.05, 4.69) is 9.88 Å². The summed E-state index contributed by atoms with van der Waals surface area (Å²) in [5, 5.41) is 8.53. The van der Waals surface area contributed by atoms with Crippen molar-refractivity contribution in [1.82, 2.24) is 0 Å². The first kappa shape index (κ1) is 8.97. The summed E-state index contributed by atoms with van der Waals surface area (Å²) >= 11 is 0. The monoisotopic (exact) mass is 190 g/mol. The van der Waals surface area contributed by atoms with Crippen molar-refractivity contribution in [2.24, 2.45) is 0 Å². The minimum Gasteiger partial charge on any atom is -0.378 e. The molecule has 0 atom stereocenters. The van der Waals surface area contributed by atoms with E-state index < -0.39 is 0 Å². The molecule has 1 aromatic rings. The first-order valence-electron chi connectivity index (χ1n) is 4.68. The fraction of sp³-hybridized carbons (Fsp3) is 0.400. The number of nitrogens with zero attached hydrogens (tertiary/aromatic N) is 3. The average molecular weight is 190 g/mol. The first-order chi connectivity index (χ1) is 6.90. The number of ether oxygens (including phenoxy) is 1. The molecule has 2 rings (SSSR count). The van der Waals surface area contributed by atoms with Crippen LogP contribution in [0.25, 0.3) is 4.98 Å². The summed E-state index contributed by atoms with van der Waals surface area (Å²) in [5.74, 6) is 0. The Morgan fingerprint density at radius 1 is 1.14 bits per heavy atom. The van der Waals surface area contributed by atoms with Crippen molar-refractivity contribution in [2.45, 2.75) is 0 Å². The Hall–Kier alpha value is -1.60. The van der Waals surface area contributed by atoms with Gasteiger partial charge < -0.3 is 9.64 Å². The molecule has 1 fully saturated rings. The van der Waals surface area contributed by atoms with Crippen LogP contribution in [0.5, 0.6) is 0 Å². The Morgan fingerprint density at radius 3 is 2.36 bits per heavy atom. The van der Waals surface area contributed by atoms with Crippen molar-refractivity contribution in [3.8, 4) is 0 Å². The quantitative estimate of drug-likeness (QED) is 0.636. The molecule has 14 heavy (non-hydrogen) atoms. The number of rotatable bonds is 1. The van der Waals surface area contributed by atoms with Crippen LogP contribution in [-0.2, 0) is 4.74 Å². The van der Waals surface area contributed by atoms with Gasteiger partial charge in [0.15, 0.2) is 4.98 Å². The Kier molecular flexibility index (Phi) is 2.61. The number of hydrogen-bond donors (Lipinski definition) is 0. The maximum atomic E-state index is 8.53. The largest absolute Gasteiger partial charge is 0.385 e. The molecule has 1 aromatic carbocycles. The zero-order chi connectivity index (χ0) is 9.80. The lowest BCUT2D eigenvalue weighted by atomic mass is 10.2. The summed E-state index contributed by atoms with van der Waals surface area (Å²) in [6.07, 6.45) is 0. The van der Waals surface area contributed by atoms with E-state index >= 15 is 0 Å². The molecule has 0 amide bonds. The van der Waals surface area contributed by atoms with Gasteiger partial charge in [-0.2, -0.15) is 0 Å². The van der Waals surface area contributed by atoms with Gasteiger partial charge in [0.25, 0.3) is 0 Å². The summed E-state index contributed by atoms with van der Waals surface area (Å²) < 4.78 is 5.27. The molecule has 0 bridgehead atoms. The van der Waals surface area contributed by atoms with E-state index in [0.29, 0.717) is 5.69 Å². The molecule has 0 unspecified atom stereocenters. The van der Waals surface area contributed by atoms with Crippen molar-refractivity contribution in [3.05, 3.63) is 29.2 Å². The van der Waals surface area contributed by atoms with E-state index in [1.807, 2.05) is 12.1 Å². The van der Waals surface area contributed by atoms with Crippen LogP contribution in [-0.4, -0.2) is 26.3 Å². The molecule has 4 nitrogen and oxygen atoms in total. The minimum atomic E-state index is 0.585. The number of anilines is 1. The summed E-state index contributed by atoms with van der Waals surface area (Å²) in [5.41, 5.74) is 1.74. The standard InChI is InChI=1S/C10H12N3O/c11-12-9-1-3-10(4-2-9)13-5-7-14-8-6-13/h1-4H,5-8H2/q+1. The smallest absolute Gasteiger partial charge is 0.378 e. The molecule has 0 aliphatic carbocycles. The lowest BCUT2D eigenvalue weighted by Crippen LogP contribution is -2.36. The molecular weight excluding hydrogens is 178 g/mol. The van der Waals surface area contributed by atoms with Crippen LogP contribution >= 0.6 is 0 Å². The van der Waals surface area contributed by atoms with Crippen LogP contribution in [0.2, 0.25) is 0 Å². The minimum absolute atomic E-state index is 0.585. The van der Waals surface area contributed by atoms with Crippen molar-refractivity contribution in [2.75, 3.05) is 31.2 Å². The predicted molar refractivity (Wildman–Crippen MR) is 54.2 cm³/mol. The Balaban J connectivity index is 2.12. The van der Waals surface area contributed by atoms with Gasteiger partial charge in [-0.1, -0.05) is 0 Å². The number of diazo groups is 1. The van der Waals surface area contributed by atoms with Gasteiger partial charge in [0.1, 0.15) is 0 Å². The summed E-state index contributed by atoms with van der Waals surface area (Å²) in [7, 11) is 0. The first-order valence-corrected chi connectivity index (χ1v) is 4.68. The number of hydrogen-bond acceptors (Lipinski definition) is 3. The van der Waals surface area contributed by atoms with Gasteiger partial charge in [0.2, 0.25) is 5.39 Å². The molecule has 72 valence electrons.